The highest BCUT2D eigenvalue weighted by atomic mass is 15.1. The van der Waals surface area contributed by atoms with E-state index in [1.165, 1.54) is 16.8 Å². The maximum absolute atomic E-state index is 4.20. The third-order valence-electron chi connectivity index (χ3n) is 3.22. The molecule has 0 amide bonds. The molecular weight excluding hydrogens is 222 g/mol. The third kappa shape index (κ3) is 2.99. The van der Waals surface area contributed by atoms with Gasteiger partial charge in [-0.05, 0) is 25.5 Å². The second kappa shape index (κ2) is 5.83. The molecular formula is C15H21N3. The molecule has 0 aliphatic heterocycles. The molecule has 2 rings (SSSR count). The van der Waals surface area contributed by atoms with Gasteiger partial charge in [-0.2, -0.15) is 0 Å². The summed E-state index contributed by atoms with van der Waals surface area (Å²) in [6.45, 7) is 5.22. The van der Waals surface area contributed by atoms with Crippen LogP contribution in [0.15, 0.2) is 36.8 Å². The van der Waals surface area contributed by atoms with E-state index in [4.69, 9.17) is 0 Å². The summed E-state index contributed by atoms with van der Waals surface area (Å²) >= 11 is 0. The lowest BCUT2D eigenvalue weighted by Gasteiger charge is -2.18. The van der Waals surface area contributed by atoms with E-state index < -0.39 is 0 Å². The van der Waals surface area contributed by atoms with Gasteiger partial charge in [0.25, 0.3) is 0 Å². The molecule has 1 aromatic heterocycles. The lowest BCUT2D eigenvalue weighted by atomic mass is 10.0. The minimum Gasteiger partial charge on any atom is -0.336 e. The van der Waals surface area contributed by atoms with Gasteiger partial charge in [-0.25, -0.2) is 4.98 Å². The molecule has 1 heterocycles. The van der Waals surface area contributed by atoms with Crippen LogP contribution in [0.1, 0.15) is 29.8 Å². The molecule has 0 fully saturated rings. The van der Waals surface area contributed by atoms with Crippen LogP contribution >= 0.6 is 0 Å². The van der Waals surface area contributed by atoms with Crippen molar-refractivity contribution in [3.63, 3.8) is 0 Å². The van der Waals surface area contributed by atoms with E-state index in [1.54, 1.807) is 0 Å². The number of hydrogen-bond donors (Lipinski definition) is 1. The van der Waals surface area contributed by atoms with Crippen molar-refractivity contribution in [1.29, 1.82) is 0 Å². The van der Waals surface area contributed by atoms with Crippen LogP contribution in [-0.2, 0) is 13.5 Å². The molecule has 96 valence electrons. The number of rotatable bonds is 5. The van der Waals surface area contributed by atoms with Crippen molar-refractivity contribution < 1.29 is 0 Å². The van der Waals surface area contributed by atoms with Crippen LogP contribution in [0, 0.1) is 6.92 Å². The number of nitrogens with one attached hydrogen (secondary N) is 1. The fourth-order valence-corrected chi connectivity index (χ4v) is 2.19. The Morgan fingerprint density at radius 3 is 2.56 bits per heavy atom. The summed E-state index contributed by atoms with van der Waals surface area (Å²) in [5.41, 5.74) is 3.89. The zero-order valence-electron chi connectivity index (χ0n) is 11.4. The van der Waals surface area contributed by atoms with Crippen LogP contribution in [0.2, 0.25) is 0 Å². The van der Waals surface area contributed by atoms with Crippen LogP contribution in [0.4, 0.5) is 0 Å². The van der Waals surface area contributed by atoms with Crippen molar-refractivity contribution in [2.24, 2.45) is 7.05 Å². The fourth-order valence-electron chi connectivity index (χ4n) is 2.19. The lowest BCUT2D eigenvalue weighted by molar-refractivity contribution is 0.520. The maximum Gasteiger partial charge on any atom is 0.0946 e. The minimum absolute atomic E-state index is 0.324. The van der Waals surface area contributed by atoms with E-state index in [0.29, 0.717) is 6.04 Å². The summed E-state index contributed by atoms with van der Waals surface area (Å²) in [5, 5.41) is 3.53. The monoisotopic (exact) mass is 243 g/mol. The number of aromatic nitrogens is 2. The summed E-state index contributed by atoms with van der Waals surface area (Å²) in [4.78, 5) is 4.20. The highest BCUT2D eigenvalue weighted by molar-refractivity contribution is 5.23. The first-order valence-corrected chi connectivity index (χ1v) is 6.46. The number of benzene rings is 1. The van der Waals surface area contributed by atoms with Crippen molar-refractivity contribution in [2.75, 3.05) is 6.54 Å². The first-order chi connectivity index (χ1) is 8.70. The Hall–Kier alpha value is -1.61. The van der Waals surface area contributed by atoms with Crippen molar-refractivity contribution in [3.8, 4) is 0 Å². The highest BCUT2D eigenvalue weighted by Gasteiger charge is 2.14. The molecule has 3 nitrogen and oxygen atoms in total. The molecule has 1 aromatic carbocycles. The van der Waals surface area contributed by atoms with Crippen LogP contribution < -0.4 is 5.32 Å². The molecule has 1 N–H and O–H groups in total. The standard InChI is InChI=1S/C15H21N3/c1-4-17-14(15-10-16-11-18(15)3)9-13-7-5-12(2)6-8-13/h5-8,10-11,14,17H,4,9H2,1-3H3. The SMILES string of the molecule is CCNC(Cc1ccc(C)cc1)c1cncn1C. The molecule has 0 bridgehead atoms. The smallest absolute Gasteiger partial charge is 0.0946 e. The van der Waals surface area contributed by atoms with Gasteiger partial charge in [0, 0.05) is 13.2 Å². The second-order valence-corrected chi connectivity index (χ2v) is 4.73. The van der Waals surface area contributed by atoms with Gasteiger partial charge in [0.2, 0.25) is 0 Å². The van der Waals surface area contributed by atoms with Gasteiger partial charge in [-0.1, -0.05) is 36.8 Å². The zero-order valence-corrected chi connectivity index (χ0v) is 11.4. The van der Waals surface area contributed by atoms with Gasteiger partial charge in [0.15, 0.2) is 0 Å². The van der Waals surface area contributed by atoms with E-state index in [1.807, 2.05) is 19.6 Å². The van der Waals surface area contributed by atoms with Gasteiger partial charge in [0.1, 0.15) is 0 Å². The molecule has 0 aliphatic rings. The van der Waals surface area contributed by atoms with E-state index in [-0.39, 0.29) is 0 Å². The summed E-state index contributed by atoms with van der Waals surface area (Å²) in [7, 11) is 2.04. The van der Waals surface area contributed by atoms with Crippen LogP contribution in [0.25, 0.3) is 0 Å². The van der Waals surface area contributed by atoms with Gasteiger partial charge in [0.05, 0.1) is 18.1 Å². The topological polar surface area (TPSA) is 29.9 Å². The highest BCUT2D eigenvalue weighted by Crippen LogP contribution is 2.18. The molecule has 0 saturated heterocycles. The van der Waals surface area contributed by atoms with Gasteiger partial charge in [-0.3, -0.25) is 0 Å². The molecule has 1 atom stereocenters. The van der Waals surface area contributed by atoms with E-state index in [9.17, 15) is 0 Å². The van der Waals surface area contributed by atoms with E-state index >= 15 is 0 Å². The third-order valence-corrected chi connectivity index (χ3v) is 3.22. The number of aryl methyl sites for hydroxylation is 2. The van der Waals surface area contributed by atoms with E-state index in [0.717, 1.165) is 13.0 Å². The van der Waals surface area contributed by atoms with Crippen LogP contribution in [0.3, 0.4) is 0 Å². The number of nitrogens with zero attached hydrogens (tertiary/aromatic N) is 2. The molecule has 0 radical (unpaired) electrons. The Bertz CT molecular complexity index is 485. The van der Waals surface area contributed by atoms with Crippen molar-refractivity contribution in [2.45, 2.75) is 26.3 Å². The summed E-state index contributed by atoms with van der Waals surface area (Å²) in [6, 6.07) is 9.07. The average molecular weight is 243 g/mol. The van der Waals surface area contributed by atoms with Crippen molar-refractivity contribution >= 4 is 0 Å². The maximum atomic E-state index is 4.20. The first kappa shape index (κ1) is 12.8. The predicted molar refractivity (Wildman–Crippen MR) is 74.5 cm³/mol. The second-order valence-electron chi connectivity index (χ2n) is 4.73. The molecule has 2 aromatic rings. The number of likely N-dealkylation sites (N-methyl/N-ethyl adjacent to an activating group) is 1. The van der Waals surface area contributed by atoms with Crippen molar-refractivity contribution in [3.05, 3.63) is 53.6 Å². The van der Waals surface area contributed by atoms with Gasteiger partial charge in [-0.15, -0.1) is 0 Å². The molecule has 0 saturated carbocycles. The minimum atomic E-state index is 0.324. The Labute approximate surface area is 109 Å². The Morgan fingerprint density at radius 1 is 1.28 bits per heavy atom. The Morgan fingerprint density at radius 2 is 2.00 bits per heavy atom. The quantitative estimate of drug-likeness (QED) is 0.875. The number of hydrogen-bond acceptors (Lipinski definition) is 2. The largest absolute Gasteiger partial charge is 0.336 e. The molecule has 18 heavy (non-hydrogen) atoms. The van der Waals surface area contributed by atoms with Crippen LogP contribution in [-0.4, -0.2) is 16.1 Å². The number of imidazole rings is 1. The first-order valence-electron chi connectivity index (χ1n) is 6.46. The summed E-state index contributed by atoms with van der Waals surface area (Å²) in [5.74, 6) is 0. The Balaban J connectivity index is 2.16. The average Bonchev–Trinajstić information content (AvgIpc) is 2.78. The van der Waals surface area contributed by atoms with E-state index in [2.05, 4.69) is 53.0 Å². The van der Waals surface area contributed by atoms with Gasteiger partial charge >= 0.3 is 0 Å². The fraction of sp³-hybridized carbons (Fsp3) is 0.400. The molecule has 3 heteroatoms. The lowest BCUT2D eigenvalue weighted by Crippen LogP contribution is -2.24. The molecule has 0 spiro atoms. The van der Waals surface area contributed by atoms with Crippen LogP contribution in [0.5, 0.6) is 0 Å². The Kier molecular flexibility index (Phi) is 4.15. The molecule has 0 aliphatic carbocycles. The van der Waals surface area contributed by atoms with Crippen molar-refractivity contribution in [1.82, 2.24) is 14.9 Å². The normalized spacial score (nSPS) is 12.6. The summed E-state index contributed by atoms with van der Waals surface area (Å²) < 4.78 is 2.08. The predicted octanol–water partition coefficient (Wildman–Crippen LogP) is 2.62. The zero-order chi connectivity index (χ0) is 13.0. The molecule has 1 unspecified atom stereocenters. The van der Waals surface area contributed by atoms with Gasteiger partial charge < -0.3 is 9.88 Å². The summed E-state index contributed by atoms with van der Waals surface area (Å²) in [6.07, 6.45) is 4.80.